The first-order valence-corrected chi connectivity index (χ1v) is 7.27. The second-order valence-corrected chi connectivity index (χ2v) is 5.30. The summed E-state index contributed by atoms with van der Waals surface area (Å²) in [4.78, 5) is 14.1. The van der Waals surface area contributed by atoms with Crippen LogP contribution in [-0.2, 0) is 6.54 Å². The van der Waals surface area contributed by atoms with Gasteiger partial charge in [-0.3, -0.25) is 9.89 Å². The maximum absolute atomic E-state index is 12.6. The lowest BCUT2D eigenvalue weighted by molar-refractivity contribution is -0.0498. The summed E-state index contributed by atoms with van der Waals surface area (Å²) < 4.78 is 28.6. The maximum atomic E-state index is 12.6. The van der Waals surface area contributed by atoms with Gasteiger partial charge in [0.25, 0.3) is 5.91 Å². The van der Waals surface area contributed by atoms with Gasteiger partial charge in [0, 0.05) is 19.0 Å². The number of amides is 1. The Morgan fingerprint density at radius 1 is 1.21 bits per heavy atom. The number of alkyl halides is 2. The lowest BCUT2D eigenvalue weighted by Gasteiger charge is -2.16. The number of nitrogens with one attached hydrogen (secondary N) is 1. The molecule has 0 unspecified atom stereocenters. The summed E-state index contributed by atoms with van der Waals surface area (Å²) in [5.74, 6) is -0.138. The van der Waals surface area contributed by atoms with Gasteiger partial charge in [-0.1, -0.05) is 30.3 Å². The number of benzene rings is 2. The van der Waals surface area contributed by atoms with Crippen LogP contribution in [-0.4, -0.2) is 34.7 Å². The number of hydrogen-bond donors (Lipinski definition) is 1. The molecule has 0 aliphatic rings. The number of ether oxygens (including phenoxy) is 1. The van der Waals surface area contributed by atoms with Crippen LogP contribution in [0.1, 0.15) is 16.1 Å². The molecule has 0 atom stereocenters. The highest BCUT2D eigenvalue weighted by molar-refractivity contribution is 6.04. The van der Waals surface area contributed by atoms with Gasteiger partial charge in [-0.05, 0) is 23.8 Å². The predicted octanol–water partition coefficient (Wildman–Crippen LogP) is 3.44. The van der Waals surface area contributed by atoms with Crippen LogP contribution in [0.3, 0.4) is 0 Å². The Bertz CT molecular complexity index is 846. The highest BCUT2D eigenvalue weighted by Crippen LogP contribution is 2.19. The molecule has 1 amide bonds. The summed E-state index contributed by atoms with van der Waals surface area (Å²) >= 11 is 0. The molecular formula is C17H15F2N3O2. The molecule has 0 spiro atoms. The topological polar surface area (TPSA) is 58.2 Å². The molecule has 3 aromatic rings. The van der Waals surface area contributed by atoms with Crippen LogP contribution in [0, 0.1) is 0 Å². The van der Waals surface area contributed by atoms with E-state index in [0.717, 1.165) is 16.5 Å². The molecule has 0 aliphatic carbocycles. The van der Waals surface area contributed by atoms with Crippen molar-refractivity contribution < 1.29 is 18.3 Å². The Kier molecular flexibility index (Phi) is 4.41. The van der Waals surface area contributed by atoms with E-state index in [2.05, 4.69) is 14.9 Å². The van der Waals surface area contributed by atoms with Crippen LogP contribution >= 0.6 is 0 Å². The summed E-state index contributed by atoms with van der Waals surface area (Å²) in [7, 11) is 1.66. The number of H-pyrrole nitrogens is 1. The first-order valence-electron chi connectivity index (χ1n) is 7.27. The average Bonchev–Trinajstić information content (AvgIpc) is 2.99. The molecule has 124 valence electrons. The zero-order chi connectivity index (χ0) is 17.1. The number of carbonyl (C=O) groups is 1. The van der Waals surface area contributed by atoms with Crippen molar-refractivity contribution in [3.8, 4) is 5.75 Å². The number of nitrogens with zero attached hydrogens (tertiary/aromatic N) is 2. The second-order valence-electron chi connectivity index (χ2n) is 5.30. The third-order valence-corrected chi connectivity index (χ3v) is 3.59. The van der Waals surface area contributed by atoms with Crippen molar-refractivity contribution in [3.05, 3.63) is 59.8 Å². The Balaban J connectivity index is 1.72. The van der Waals surface area contributed by atoms with Gasteiger partial charge in [0.05, 0.1) is 5.52 Å². The monoisotopic (exact) mass is 331 g/mol. The number of carbonyl (C=O) groups excluding carboxylic acids is 1. The van der Waals surface area contributed by atoms with E-state index in [4.69, 9.17) is 0 Å². The summed E-state index contributed by atoms with van der Waals surface area (Å²) in [5.41, 5.74) is 1.95. The lowest BCUT2D eigenvalue weighted by Crippen LogP contribution is -2.26. The van der Waals surface area contributed by atoms with Crippen molar-refractivity contribution in [3.63, 3.8) is 0 Å². The van der Waals surface area contributed by atoms with Crippen molar-refractivity contribution in [2.75, 3.05) is 7.05 Å². The number of aromatic amines is 1. The zero-order valence-corrected chi connectivity index (χ0v) is 12.9. The SMILES string of the molecule is CN(Cc1ccc(OC(F)F)cc1)C(=O)c1n[nH]c2ccccc12. The predicted molar refractivity (Wildman–Crippen MR) is 85.0 cm³/mol. The lowest BCUT2D eigenvalue weighted by atomic mass is 10.1. The molecule has 0 radical (unpaired) electrons. The van der Waals surface area contributed by atoms with Gasteiger partial charge < -0.3 is 9.64 Å². The molecule has 1 aromatic heterocycles. The number of para-hydroxylation sites is 1. The zero-order valence-electron chi connectivity index (χ0n) is 12.9. The van der Waals surface area contributed by atoms with Gasteiger partial charge >= 0.3 is 6.61 Å². The summed E-state index contributed by atoms with van der Waals surface area (Å²) in [5, 5.41) is 7.67. The van der Waals surface area contributed by atoms with Crippen molar-refractivity contribution in [2.24, 2.45) is 0 Å². The van der Waals surface area contributed by atoms with E-state index >= 15 is 0 Å². The van der Waals surface area contributed by atoms with Gasteiger partial charge in [-0.15, -0.1) is 0 Å². The smallest absolute Gasteiger partial charge is 0.387 e. The van der Waals surface area contributed by atoms with Crippen molar-refractivity contribution in [1.29, 1.82) is 0 Å². The molecule has 0 saturated carbocycles. The third kappa shape index (κ3) is 3.34. The van der Waals surface area contributed by atoms with Gasteiger partial charge in [0.15, 0.2) is 5.69 Å². The molecule has 7 heteroatoms. The Morgan fingerprint density at radius 3 is 2.62 bits per heavy atom. The highest BCUT2D eigenvalue weighted by atomic mass is 19.3. The molecule has 1 heterocycles. The molecule has 2 aromatic carbocycles. The van der Waals surface area contributed by atoms with E-state index in [1.54, 1.807) is 19.2 Å². The molecule has 0 saturated heterocycles. The van der Waals surface area contributed by atoms with Gasteiger partial charge in [0.2, 0.25) is 0 Å². The number of fused-ring (bicyclic) bond motifs is 1. The Morgan fingerprint density at radius 2 is 1.92 bits per heavy atom. The minimum absolute atomic E-state index is 0.0843. The van der Waals surface area contributed by atoms with Crippen LogP contribution < -0.4 is 4.74 Å². The fourth-order valence-corrected chi connectivity index (χ4v) is 2.43. The molecular weight excluding hydrogens is 316 g/mol. The molecule has 5 nitrogen and oxygen atoms in total. The summed E-state index contributed by atoms with van der Waals surface area (Å²) in [6, 6.07) is 13.6. The fourth-order valence-electron chi connectivity index (χ4n) is 2.43. The van der Waals surface area contributed by atoms with Crippen LogP contribution in [0.15, 0.2) is 48.5 Å². The van der Waals surface area contributed by atoms with Crippen molar-refractivity contribution in [2.45, 2.75) is 13.2 Å². The van der Waals surface area contributed by atoms with Gasteiger partial charge in [0.1, 0.15) is 5.75 Å². The molecule has 1 N–H and O–H groups in total. The van der Waals surface area contributed by atoms with E-state index in [0.29, 0.717) is 12.2 Å². The Hall–Kier alpha value is -2.96. The maximum Gasteiger partial charge on any atom is 0.387 e. The van der Waals surface area contributed by atoms with Crippen molar-refractivity contribution in [1.82, 2.24) is 15.1 Å². The quantitative estimate of drug-likeness (QED) is 0.779. The van der Waals surface area contributed by atoms with Crippen LogP contribution in [0.5, 0.6) is 5.75 Å². The third-order valence-electron chi connectivity index (χ3n) is 3.59. The van der Waals surface area contributed by atoms with E-state index in [1.807, 2.05) is 24.3 Å². The van der Waals surface area contributed by atoms with Crippen molar-refractivity contribution >= 4 is 16.8 Å². The minimum atomic E-state index is -2.85. The number of aromatic nitrogens is 2. The van der Waals surface area contributed by atoms with E-state index < -0.39 is 6.61 Å². The van der Waals surface area contributed by atoms with Gasteiger partial charge in [-0.25, -0.2) is 0 Å². The first-order chi connectivity index (χ1) is 11.5. The average molecular weight is 331 g/mol. The van der Waals surface area contributed by atoms with E-state index in [1.165, 1.54) is 17.0 Å². The normalized spacial score (nSPS) is 11.0. The summed E-state index contributed by atoms with van der Waals surface area (Å²) in [6.07, 6.45) is 0. The largest absolute Gasteiger partial charge is 0.435 e. The second kappa shape index (κ2) is 6.66. The fraction of sp³-hybridized carbons (Fsp3) is 0.176. The number of rotatable bonds is 5. The molecule has 0 fully saturated rings. The van der Waals surface area contributed by atoms with Crippen LogP contribution in [0.4, 0.5) is 8.78 Å². The summed E-state index contributed by atoms with van der Waals surface area (Å²) in [6.45, 7) is -2.53. The van der Waals surface area contributed by atoms with E-state index in [9.17, 15) is 13.6 Å². The molecule has 24 heavy (non-hydrogen) atoms. The highest BCUT2D eigenvalue weighted by Gasteiger charge is 2.18. The number of halogens is 2. The standard InChI is InChI=1S/C17H15F2N3O2/c1-22(10-11-6-8-12(9-7-11)24-17(18)19)16(23)15-13-4-2-3-5-14(13)20-21-15/h2-9,17H,10H2,1H3,(H,20,21). The molecule has 0 aliphatic heterocycles. The van der Waals surface area contributed by atoms with Crippen LogP contribution in [0.2, 0.25) is 0 Å². The first kappa shape index (κ1) is 15.9. The Labute approximate surface area is 136 Å². The minimum Gasteiger partial charge on any atom is -0.435 e. The van der Waals surface area contributed by atoms with Gasteiger partial charge in [-0.2, -0.15) is 13.9 Å². The molecule has 3 rings (SSSR count). The van der Waals surface area contributed by atoms with Crippen LogP contribution in [0.25, 0.3) is 10.9 Å². The number of hydrogen-bond acceptors (Lipinski definition) is 3. The molecule has 0 bridgehead atoms. The van der Waals surface area contributed by atoms with E-state index in [-0.39, 0.29) is 11.7 Å².